The molecule has 1 fully saturated rings. The number of ether oxygens (including phenoxy) is 1. The first-order valence-corrected chi connectivity index (χ1v) is 6.16. The molecule has 0 aliphatic carbocycles. The van der Waals surface area contributed by atoms with E-state index < -0.39 is 0 Å². The molecule has 0 radical (unpaired) electrons. The quantitative estimate of drug-likeness (QED) is 0.801. The van der Waals surface area contributed by atoms with E-state index in [1.807, 2.05) is 12.1 Å². The van der Waals surface area contributed by atoms with Crippen LogP contribution in [0.2, 0.25) is 0 Å². The Balaban J connectivity index is 2.17. The van der Waals surface area contributed by atoms with Crippen LogP contribution in [0.25, 0.3) is 0 Å². The fourth-order valence-corrected chi connectivity index (χ4v) is 2.16. The Morgan fingerprint density at radius 3 is 2.78 bits per heavy atom. The number of nitrogens with zero attached hydrogens (tertiary/aromatic N) is 1. The molecule has 0 atom stereocenters. The molecule has 18 heavy (non-hydrogen) atoms. The van der Waals surface area contributed by atoms with Gasteiger partial charge in [0.1, 0.15) is 11.5 Å². The standard InChI is InChI=1S/C14H17NO3/c1-18-13-7-3-2-6-12(13)14(17)15-9-4-5-11(16)8-10-15/h2-3,6-7H,4-5,8-10H2,1H3. The number of hydrogen-bond donors (Lipinski definition) is 0. The Labute approximate surface area is 107 Å². The van der Waals surface area contributed by atoms with Gasteiger partial charge in [-0.3, -0.25) is 9.59 Å². The number of benzene rings is 1. The molecule has 1 aliphatic rings. The van der Waals surface area contributed by atoms with Crippen molar-refractivity contribution < 1.29 is 14.3 Å². The second kappa shape index (κ2) is 5.67. The average molecular weight is 247 g/mol. The van der Waals surface area contributed by atoms with Crippen LogP contribution in [-0.4, -0.2) is 36.8 Å². The van der Waals surface area contributed by atoms with Gasteiger partial charge in [-0.25, -0.2) is 0 Å². The lowest BCUT2D eigenvalue weighted by Gasteiger charge is -2.21. The molecule has 1 heterocycles. The third-order valence-corrected chi connectivity index (χ3v) is 3.17. The molecule has 0 saturated carbocycles. The van der Waals surface area contributed by atoms with Crippen LogP contribution in [-0.2, 0) is 4.79 Å². The number of methoxy groups -OCH3 is 1. The zero-order valence-electron chi connectivity index (χ0n) is 10.5. The molecule has 0 spiro atoms. The second-order valence-electron chi connectivity index (χ2n) is 4.38. The molecule has 0 N–H and O–H groups in total. The maximum atomic E-state index is 12.4. The summed E-state index contributed by atoms with van der Waals surface area (Å²) in [4.78, 5) is 25.5. The summed E-state index contributed by atoms with van der Waals surface area (Å²) in [5.41, 5.74) is 0.564. The van der Waals surface area contributed by atoms with Crippen molar-refractivity contribution in [1.82, 2.24) is 4.90 Å². The van der Waals surface area contributed by atoms with E-state index in [0.29, 0.717) is 37.2 Å². The Kier molecular flexibility index (Phi) is 3.97. The Morgan fingerprint density at radius 1 is 1.22 bits per heavy atom. The van der Waals surface area contributed by atoms with Crippen molar-refractivity contribution in [2.45, 2.75) is 19.3 Å². The van der Waals surface area contributed by atoms with Crippen molar-refractivity contribution in [2.24, 2.45) is 0 Å². The highest BCUT2D eigenvalue weighted by Gasteiger charge is 2.22. The zero-order valence-corrected chi connectivity index (χ0v) is 10.5. The first-order valence-electron chi connectivity index (χ1n) is 6.16. The lowest BCUT2D eigenvalue weighted by Crippen LogP contribution is -2.32. The zero-order chi connectivity index (χ0) is 13.0. The minimum absolute atomic E-state index is 0.0536. The lowest BCUT2D eigenvalue weighted by molar-refractivity contribution is -0.118. The van der Waals surface area contributed by atoms with Crippen molar-refractivity contribution >= 4 is 11.7 Å². The van der Waals surface area contributed by atoms with Crippen LogP contribution >= 0.6 is 0 Å². The van der Waals surface area contributed by atoms with Crippen molar-refractivity contribution in [3.63, 3.8) is 0 Å². The first kappa shape index (κ1) is 12.6. The fourth-order valence-electron chi connectivity index (χ4n) is 2.16. The largest absolute Gasteiger partial charge is 0.496 e. The van der Waals surface area contributed by atoms with Crippen LogP contribution in [0.4, 0.5) is 0 Å². The van der Waals surface area contributed by atoms with Gasteiger partial charge >= 0.3 is 0 Å². The van der Waals surface area contributed by atoms with E-state index in [-0.39, 0.29) is 11.7 Å². The number of Topliss-reactive ketones (excluding diaryl/α,β-unsaturated/α-hetero) is 1. The molecule has 96 valence electrons. The van der Waals surface area contributed by atoms with Crippen molar-refractivity contribution in [3.8, 4) is 5.75 Å². The second-order valence-corrected chi connectivity index (χ2v) is 4.38. The van der Waals surface area contributed by atoms with Gasteiger partial charge in [0.05, 0.1) is 12.7 Å². The summed E-state index contributed by atoms with van der Waals surface area (Å²) in [5.74, 6) is 0.769. The minimum atomic E-state index is -0.0536. The van der Waals surface area contributed by atoms with E-state index in [0.717, 1.165) is 6.42 Å². The van der Waals surface area contributed by atoms with Gasteiger partial charge in [-0.05, 0) is 18.6 Å². The molecule has 0 unspecified atom stereocenters. The number of likely N-dealkylation sites (tertiary alicyclic amines) is 1. The van der Waals surface area contributed by atoms with Gasteiger partial charge in [0, 0.05) is 25.9 Å². The van der Waals surface area contributed by atoms with E-state index in [1.54, 1.807) is 24.1 Å². The highest BCUT2D eigenvalue weighted by molar-refractivity contribution is 5.97. The van der Waals surface area contributed by atoms with E-state index in [9.17, 15) is 9.59 Å². The summed E-state index contributed by atoms with van der Waals surface area (Å²) < 4.78 is 5.20. The lowest BCUT2D eigenvalue weighted by atomic mass is 10.1. The van der Waals surface area contributed by atoms with E-state index in [2.05, 4.69) is 0 Å². The van der Waals surface area contributed by atoms with Gasteiger partial charge in [0.2, 0.25) is 0 Å². The molecule has 1 aliphatic heterocycles. The average Bonchev–Trinajstić information content (AvgIpc) is 2.62. The molecule has 1 saturated heterocycles. The fraction of sp³-hybridized carbons (Fsp3) is 0.429. The number of carbonyl (C=O) groups excluding carboxylic acids is 2. The van der Waals surface area contributed by atoms with E-state index >= 15 is 0 Å². The summed E-state index contributed by atoms with van der Waals surface area (Å²) in [5, 5.41) is 0. The van der Waals surface area contributed by atoms with Crippen LogP contribution < -0.4 is 4.74 Å². The predicted molar refractivity (Wildman–Crippen MR) is 67.8 cm³/mol. The van der Waals surface area contributed by atoms with Gasteiger partial charge < -0.3 is 9.64 Å². The molecule has 4 nitrogen and oxygen atoms in total. The Morgan fingerprint density at radius 2 is 2.00 bits per heavy atom. The van der Waals surface area contributed by atoms with Gasteiger partial charge in [0.25, 0.3) is 5.91 Å². The third kappa shape index (κ3) is 2.70. The van der Waals surface area contributed by atoms with Crippen LogP contribution in [0.3, 0.4) is 0 Å². The normalized spacial score (nSPS) is 16.3. The summed E-state index contributed by atoms with van der Waals surface area (Å²) in [6.07, 6.45) is 1.79. The van der Waals surface area contributed by atoms with Crippen molar-refractivity contribution in [1.29, 1.82) is 0 Å². The molecular formula is C14H17NO3. The van der Waals surface area contributed by atoms with Crippen LogP contribution in [0, 0.1) is 0 Å². The molecule has 2 rings (SSSR count). The first-order chi connectivity index (χ1) is 8.72. The van der Waals surface area contributed by atoms with Gasteiger partial charge in [-0.15, -0.1) is 0 Å². The highest BCUT2D eigenvalue weighted by atomic mass is 16.5. The maximum absolute atomic E-state index is 12.4. The van der Waals surface area contributed by atoms with E-state index in [4.69, 9.17) is 4.74 Å². The molecule has 1 aromatic carbocycles. The molecule has 1 aromatic rings. The number of hydrogen-bond acceptors (Lipinski definition) is 3. The number of carbonyl (C=O) groups is 2. The maximum Gasteiger partial charge on any atom is 0.257 e. The van der Waals surface area contributed by atoms with Crippen LogP contribution in [0.15, 0.2) is 24.3 Å². The highest BCUT2D eigenvalue weighted by Crippen LogP contribution is 2.20. The third-order valence-electron chi connectivity index (χ3n) is 3.17. The monoisotopic (exact) mass is 247 g/mol. The summed E-state index contributed by atoms with van der Waals surface area (Å²) >= 11 is 0. The number of rotatable bonds is 2. The molecular weight excluding hydrogens is 230 g/mol. The number of para-hydroxylation sites is 1. The minimum Gasteiger partial charge on any atom is -0.496 e. The predicted octanol–water partition coefficient (Wildman–Crippen LogP) is 1.89. The molecule has 1 amide bonds. The van der Waals surface area contributed by atoms with E-state index in [1.165, 1.54) is 0 Å². The van der Waals surface area contributed by atoms with Gasteiger partial charge in [-0.1, -0.05) is 12.1 Å². The van der Waals surface area contributed by atoms with Gasteiger partial charge in [0.15, 0.2) is 0 Å². The smallest absolute Gasteiger partial charge is 0.257 e. The van der Waals surface area contributed by atoms with Crippen LogP contribution in [0.5, 0.6) is 5.75 Å². The number of amides is 1. The summed E-state index contributed by atoms with van der Waals surface area (Å²) in [6.45, 7) is 1.15. The van der Waals surface area contributed by atoms with Crippen LogP contribution in [0.1, 0.15) is 29.6 Å². The topological polar surface area (TPSA) is 46.6 Å². The molecule has 0 aromatic heterocycles. The van der Waals surface area contributed by atoms with Crippen molar-refractivity contribution in [3.05, 3.63) is 29.8 Å². The molecule has 0 bridgehead atoms. The number of ketones is 1. The Bertz CT molecular complexity index is 456. The SMILES string of the molecule is COc1ccccc1C(=O)N1CCCC(=O)CC1. The summed E-state index contributed by atoms with van der Waals surface area (Å²) in [6, 6.07) is 7.18. The molecule has 4 heteroatoms. The van der Waals surface area contributed by atoms with Gasteiger partial charge in [-0.2, -0.15) is 0 Å². The summed E-state index contributed by atoms with van der Waals surface area (Å²) in [7, 11) is 1.55. The Hall–Kier alpha value is -1.84. The van der Waals surface area contributed by atoms with Crippen molar-refractivity contribution in [2.75, 3.05) is 20.2 Å².